The van der Waals surface area contributed by atoms with Gasteiger partial charge in [0.1, 0.15) is 0 Å². The van der Waals surface area contributed by atoms with Crippen molar-refractivity contribution < 1.29 is 14.5 Å². The van der Waals surface area contributed by atoms with Crippen LogP contribution in [0.3, 0.4) is 0 Å². The zero-order chi connectivity index (χ0) is 23.3. The van der Waals surface area contributed by atoms with Gasteiger partial charge in [-0.3, -0.25) is 29.8 Å². The lowest BCUT2D eigenvalue weighted by Gasteiger charge is -2.03. The molecule has 1 aromatic heterocycles. The summed E-state index contributed by atoms with van der Waals surface area (Å²) in [5, 5.41) is 14.5. The van der Waals surface area contributed by atoms with Crippen molar-refractivity contribution in [2.45, 2.75) is 19.8 Å². The highest BCUT2D eigenvalue weighted by Crippen LogP contribution is 2.16. The Morgan fingerprint density at radius 1 is 1.19 bits per heavy atom. The summed E-state index contributed by atoms with van der Waals surface area (Å²) in [7, 11) is 1.26. The summed E-state index contributed by atoms with van der Waals surface area (Å²) >= 11 is 5.90. The number of methoxy groups -OCH3 is 1. The molecule has 0 aliphatic heterocycles. The van der Waals surface area contributed by atoms with Crippen LogP contribution in [0.1, 0.15) is 23.7 Å². The molecular formula is C22H21ClN4O5. The van der Waals surface area contributed by atoms with Gasteiger partial charge in [-0.25, -0.2) is 4.68 Å². The minimum absolute atomic E-state index is 0.0942. The number of hydrogen-bond donors (Lipinski definition) is 1. The van der Waals surface area contributed by atoms with Gasteiger partial charge < -0.3 is 4.74 Å². The fourth-order valence-electron chi connectivity index (χ4n) is 3.19. The molecule has 1 heterocycles. The van der Waals surface area contributed by atoms with Gasteiger partial charge in [0.2, 0.25) is 0 Å². The van der Waals surface area contributed by atoms with Crippen molar-refractivity contribution >= 4 is 29.0 Å². The number of aromatic nitrogens is 2. The van der Waals surface area contributed by atoms with E-state index in [9.17, 15) is 19.7 Å². The number of aromatic amines is 1. The van der Waals surface area contributed by atoms with Crippen LogP contribution in [-0.4, -0.2) is 40.0 Å². The van der Waals surface area contributed by atoms with Crippen molar-refractivity contribution in [2.75, 3.05) is 13.7 Å². The predicted molar refractivity (Wildman–Crippen MR) is 121 cm³/mol. The molecule has 32 heavy (non-hydrogen) atoms. The second kappa shape index (κ2) is 10.1. The van der Waals surface area contributed by atoms with Crippen LogP contribution in [0.25, 0.3) is 5.69 Å². The highest BCUT2D eigenvalue weighted by Gasteiger charge is 2.20. The predicted octanol–water partition coefficient (Wildman–Crippen LogP) is 3.49. The molecule has 2 aromatic carbocycles. The Hall–Kier alpha value is -3.72. The van der Waals surface area contributed by atoms with Gasteiger partial charge in [-0.1, -0.05) is 23.7 Å². The van der Waals surface area contributed by atoms with E-state index in [1.54, 1.807) is 19.1 Å². The van der Waals surface area contributed by atoms with Crippen molar-refractivity contribution in [3.05, 3.63) is 90.8 Å². The molecule has 0 bridgehead atoms. The van der Waals surface area contributed by atoms with Crippen molar-refractivity contribution in [3.8, 4) is 5.69 Å². The maximum atomic E-state index is 13.1. The number of carbonyl (C=O) groups is 1. The molecule has 0 unspecified atom stereocenters. The first kappa shape index (κ1) is 23.0. The summed E-state index contributed by atoms with van der Waals surface area (Å²) in [6.45, 7) is 2.14. The molecule has 0 saturated heterocycles. The topological polar surface area (TPSA) is 120 Å². The van der Waals surface area contributed by atoms with Gasteiger partial charge in [0.15, 0.2) is 0 Å². The van der Waals surface area contributed by atoms with E-state index < -0.39 is 16.5 Å². The summed E-state index contributed by atoms with van der Waals surface area (Å²) < 4.78 is 5.97. The molecular weight excluding hydrogens is 436 g/mol. The minimum Gasteiger partial charge on any atom is -0.469 e. The lowest BCUT2D eigenvalue weighted by atomic mass is 10.1. The number of carbonyl (C=O) groups excluding carboxylic acids is 1. The third-order valence-electron chi connectivity index (χ3n) is 4.86. The molecule has 1 N–H and O–H groups in total. The largest absolute Gasteiger partial charge is 0.469 e. The molecule has 0 amide bonds. The van der Waals surface area contributed by atoms with Crippen LogP contribution in [0.5, 0.6) is 0 Å². The molecule has 0 aliphatic carbocycles. The summed E-state index contributed by atoms with van der Waals surface area (Å²) in [4.78, 5) is 39.9. The number of nitro groups is 1. The van der Waals surface area contributed by atoms with Crippen molar-refractivity contribution in [1.29, 1.82) is 0 Å². The van der Waals surface area contributed by atoms with E-state index in [-0.39, 0.29) is 17.7 Å². The molecule has 0 atom stereocenters. The van der Waals surface area contributed by atoms with Gasteiger partial charge in [-0.2, -0.15) is 0 Å². The van der Waals surface area contributed by atoms with Crippen LogP contribution >= 0.6 is 11.6 Å². The number of non-ortho nitro benzene ring substituents is 1. The van der Waals surface area contributed by atoms with Gasteiger partial charge >= 0.3 is 5.97 Å². The monoisotopic (exact) mass is 456 g/mol. The first-order chi connectivity index (χ1) is 15.3. The Morgan fingerprint density at radius 3 is 2.44 bits per heavy atom. The number of nitro benzene ring substituents is 1. The number of rotatable bonds is 8. The standard InChI is InChI=1S/C22H21ClN4O5/c1-14(24-12-11-15-3-5-16(23)6-4-15)21-19(13-20(28)32-2)25-26(22(21)29)17-7-9-18(10-8-17)27(30)31/h3-10,25H,11-13H2,1-2H3. The Bertz CT molecular complexity index is 1210. The first-order valence-corrected chi connectivity index (χ1v) is 10.1. The van der Waals surface area contributed by atoms with Crippen LogP contribution in [0.15, 0.2) is 58.3 Å². The molecule has 0 saturated carbocycles. The average Bonchev–Trinajstić information content (AvgIpc) is 3.10. The summed E-state index contributed by atoms with van der Waals surface area (Å²) in [6, 6.07) is 12.9. The molecule has 0 spiro atoms. The van der Waals surface area contributed by atoms with E-state index in [1.165, 1.54) is 36.1 Å². The van der Waals surface area contributed by atoms with Crippen molar-refractivity contribution in [3.63, 3.8) is 0 Å². The fraction of sp³-hybridized carbons (Fsp3) is 0.227. The number of nitrogens with zero attached hydrogens (tertiary/aromatic N) is 3. The van der Waals surface area contributed by atoms with Crippen LogP contribution in [0, 0.1) is 10.1 Å². The van der Waals surface area contributed by atoms with Gasteiger partial charge in [0, 0.05) is 29.4 Å². The van der Waals surface area contributed by atoms with E-state index in [0.717, 1.165) is 5.56 Å². The first-order valence-electron chi connectivity index (χ1n) is 9.71. The van der Waals surface area contributed by atoms with E-state index >= 15 is 0 Å². The van der Waals surface area contributed by atoms with E-state index in [1.807, 2.05) is 12.1 Å². The molecule has 0 fully saturated rings. The average molecular weight is 457 g/mol. The number of halogens is 1. The van der Waals surface area contributed by atoms with Crippen molar-refractivity contribution in [2.24, 2.45) is 4.99 Å². The van der Waals surface area contributed by atoms with E-state index in [0.29, 0.717) is 35.1 Å². The normalized spacial score (nSPS) is 11.4. The highest BCUT2D eigenvalue weighted by atomic mass is 35.5. The molecule has 0 radical (unpaired) electrons. The van der Waals surface area contributed by atoms with Crippen molar-refractivity contribution in [1.82, 2.24) is 9.78 Å². The molecule has 3 rings (SSSR count). The number of H-pyrrole nitrogens is 1. The number of aliphatic imine (C=N–C) groups is 1. The quantitative estimate of drug-likeness (QED) is 0.241. The zero-order valence-electron chi connectivity index (χ0n) is 17.5. The molecule has 10 heteroatoms. The van der Waals surface area contributed by atoms with Crippen LogP contribution in [-0.2, 0) is 22.4 Å². The van der Waals surface area contributed by atoms with Gasteiger partial charge in [0.05, 0.1) is 35.4 Å². The van der Waals surface area contributed by atoms with Gasteiger partial charge in [-0.15, -0.1) is 0 Å². The Labute approximate surface area is 188 Å². The summed E-state index contributed by atoms with van der Waals surface area (Å²) in [5.41, 5.74) is 2.04. The summed E-state index contributed by atoms with van der Waals surface area (Å²) in [6.07, 6.45) is 0.507. The lowest BCUT2D eigenvalue weighted by Crippen LogP contribution is -2.20. The number of hydrogen-bond acceptors (Lipinski definition) is 6. The van der Waals surface area contributed by atoms with Gasteiger partial charge in [-0.05, 0) is 43.2 Å². The number of nitrogens with one attached hydrogen (secondary N) is 1. The smallest absolute Gasteiger partial charge is 0.311 e. The maximum absolute atomic E-state index is 13.1. The highest BCUT2D eigenvalue weighted by molar-refractivity contribution is 6.30. The zero-order valence-corrected chi connectivity index (χ0v) is 18.3. The van der Waals surface area contributed by atoms with Crippen LogP contribution in [0.2, 0.25) is 5.02 Å². The summed E-state index contributed by atoms with van der Waals surface area (Å²) in [5.74, 6) is -0.516. The maximum Gasteiger partial charge on any atom is 0.311 e. The van der Waals surface area contributed by atoms with E-state index in [2.05, 4.69) is 10.1 Å². The number of benzene rings is 2. The Morgan fingerprint density at radius 2 is 1.84 bits per heavy atom. The molecule has 166 valence electrons. The molecule has 0 aliphatic rings. The van der Waals surface area contributed by atoms with Crippen LogP contribution < -0.4 is 5.56 Å². The fourth-order valence-corrected chi connectivity index (χ4v) is 3.31. The van der Waals surface area contributed by atoms with Crippen LogP contribution in [0.4, 0.5) is 5.69 Å². The van der Waals surface area contributed by atoms with Gasteiger partial charge in [0.25, 0.3) is 11.2 Å². The Balaban J connectivity index is 1.93. The second-order valence-corrected chi connectivity index (χ2v) is 7.41. The minimum atomic E-state index is -0.521. The third kappa shape index (κ3) is 5.30. The molecule has 9 nitrogen and oxygen atoms in total. The van der Waals surface area contributed by atoms with E-state index in [4.69, 9.17) is 16.3 Å². The lowest BCUT2D eigenvalue weighted by molar-refractivity contribution is -0.384. The molecule has 3 aromatic rings. The SMILES string of the molecule is COC(=O)Cc1[nH]n(-c2ccc([N+](=O)[O-])cc2)c(=O)c1C(C)=NCCc1ccc(Cl)cc1. The second-order valence-electron chi connectivity index (χ2n) is 6.98. The number of ether oxygens (including phenoxy) is 1. The third-order valence-corrected chi connectivity index (χ3v) is 5.11. The Kier molecular flexibility index (Phi) is 7.21. The number of esters is 1.